The summed E-state index contributed by atoms with van der Waals surface area (Å²) in [5, 5.41) is 8.33. The Morgan fingerprint density at radius 1 is 1.14 bits per heavy atom. The van der Waals surface area contributed by atoms with Crippen LogP contribution in [0.1, 0.15) is 0 Å². The molecule has 0 atom stereocenters. The first-order valence-corrected chi connectivity index (χ1v) is 6.81. The number of aromatic nitrogens is 3. The van der Waals surface area contributed by atoms with Crippen LogP contribution in [0.2, 0.25) is 5.02 Å². The van der Waals surface area contributed by atoms with Gasteiger partial charge in [0.25, 0.3) is 5.56 Å². The summed E-state index contributed by atoms with van der Waals surface area (Å²) in [5.41, 5.74) is 0.0740. The van der Waals surface area contributed by atoms with E-state index in [1.807, 2.05) is 0 Å². The highest BCUT2D eigenvalue weighted by Crippen LogP contribution is 2.23. The number of para-hydroxylation sites is 1. The van der Waals surface area contributed by atoms with Crippen LogP contribution in [-0.2, 0) is 11.3 Å². The molecule has 0 fully saturated rings. The predicted molar refractivity (Wildman–Crippen MR) is 80.9 cm³/mol. The van der Waals surface area contributed by atoms with Gasteiger partial charge in [-0.1, -0.05) is 41.1 Å². The molecule has 3 rings (SSSR count). The number of rotatable bonds is 3. The molecule has 0 amide bonds. The van der Waals surface area contributed by atoms with Gasteiger partial charge in [-0.15, -0.1) is 5.10 Å². The Morgan fingerprint density at radius 2 is 1.86 bits per heavy atom. The first kappa shape index (κ1) is 14.2. The van der Waals surface area contributed by atoms with E-state index in [2.05, 4.69) is 10.3 Å². The van der Waals surface area contributed by atoms with E-state index in [0.29, 0.717) is 15.9 Å². The van der Waals surface area contributed by atoms with Crippen LogP contribution in [0.5, 0.6) is 5.75 Å². The summed E-state index contributed by atoms with van der Waals surface area (Å²) < 4.78 is 6.08. The standard InChI is InChI=1S/C15H10ClN3O3/c16-11-6-2-4-8-13(11)22-14(20)9-19-15(21)10-5-1-3-7-12(10)17-18-19/h1-8H,9H2. The fourth-order valence-electron chi connectivity index (χ4n) is 1.93. The molecule has 0 spiro atoms. The van der Waals surface area contributed by atoms with E-state index in [4.69, 9.17) is 16.3 Å². The number of hydrogen-bond donors (Lipinski definition) is 0. The van der Waals surface area contributed by atoms with E-state index in [-0.39, 0.29) is 12.3 Å². The van der Waals surface area contributed by atoms with Gasteiger partial charge in [0.2, 0.25) is 0 Å². The summed E-state index contributed by atoms with van der Waals surface area (Å²) in [6.07, 6.45) is 0. The molecule has 1 heterocycles. The SMILES string of the molecule is O=C(Cn1nnc2ccccc2c1=O)Oc1ccccc1Cl. The topological polar surface area (TPSA) is 74.1 Å². The summed E-state index contributed by atoms with van der Waals surface area (Å²) in [6.45, 7) is -0.345. The van der Waals surface area contributed by atoms with Crippen molar-refractivity contribution in [2.45, 2.75) is 6.54 Å². The molecule has 0 radical (unpaired) electrons. The maximum atomic E-state index is 12.2. The van der Waals surface area contributed by atoms with Crippen LogP contribution < -0.4 is 10.3 Å². The third kappa shape index (κ3) is 2.82. The number of hydrogen-bond acceptors (Lipinski definition) is 5. The molecule has 0 bridgehead atoms. The number of carbonyl (C=O) groups excluding carboxylic acids is 1. The maximum Gasteiger partial charge on any atom is 0.333 e. The summed E-state index contributed by atoms with van der Waals surface area (Å²) in [6, 6.07) is 13.4. The van der Waals surface area contributed by atoms with Crippen molar-refractivity contribution in [2.24, 2.45) is 0 Å². The lowest BCUT2D eigenvalue weighted by molar-refractivity contribution is -0.135. The number of esters is 1. The number of ether oxygens (including phenoxy) is 1. The van der Waals surface area contributed by atoms with Gasteiger partial charge >= 0.3 is 5.97 Å². The summed E-state index contributed by atoms with van der Waals surface area (Å²) in [5.74, 6) is -0.421. The van der Waals surface area contributed by atoms with Gasteiger partial charge in [-0.05, 0) is 24.3 Å². The van der Waals surface area contributed by atoms with Crippen LogP contribution in [0.3, 0.4) is 0 Å². The molecule has 0 aliphatic carbocycles. The lowest BCUT2D eigenvalue weighted by Crippen LogP contribution is -2.29. The lowest BCUT2D eigenvalue weighted by Gasteiger charge is -2.07. The highest BCUT2D eigenvalue weighted by atomic mass is 35.5. The predicted octanol–water partition coefficient (Wildman–Crippen LogP) is 2.05. The third-order valence-electron chi connectivity index (χ3n) is 2.97. The smallest absolute Gasteiger partial charge is 0.333 e. The molecule has 0 saturated carbocycles. The summed E-state index contributed by atoms with van der Waals surface area (Å²) in [7, 11) is 0. The molecule has 0 unspecified atom stereocenters. The van der Waals surface area contributed by atoms with E-state index in [9.17, 15) is 9.59 Å². The first-order chi connectivity index (χ1) is 10.6. The average molecular weight is 316 g/mol. The molecule has 6 nitrogen and oxygen atoms in total. The number of halogens is 1. The van der Waals surface area contributed by atoms with E-state index in [0.717, 1.165) is 4.68 Å². The Kier molecular flexibility index (Phi) is 3.84. The van der Waals surface area contributed by atoms with Gasteiger partial charge in [0.05, 0.1) is 10.4 Å². The highest BCUT2D eigenvalue weighted by Gasteiger charge is 2.12. The minimum Gasteiger partial charge on any atom is -0.424 e. The molecular weight excluding hydrogens is 306 g/mol. The van der Waals surface area contributed by atoms with Crippen molar-refractivity contribution in [1.29, 1.82) is 0 Å². The normalized spacial score (nSPS) is 10.6. The van der Waals surface area contributed by atoms with E-state index in [1.54, 1.807) is 48.5 Å². The first-order valence-electron chi connectivity index (χ1n) is 6.43. The van der Waals surface area contributed by atoms with Crippen LogP contribution >= 0.6 is 11.6 Å². The fourth-order valence-corrected chi connectivity index (χ4v) is 2.11. The van der Waals surface area contributed by atoms with E-state index >= 15 is 0 Å². The van der Waals surface area contributed by atoms with Crippen molar-refractivity contribution in [1.82, 2.24) is 15.0 Å². The Bertz CT molecular complexity index is 908. The van der Waals surface area contributed by atoms with Crippen molar-refractivity contribution in [3.8, 4) is 5.75 Å². The number of benzene rings is 2. The quantitative estimate of drug-likeness (QED) is 0.546. The monoisotopic (exact) mass is 315 g/mol. The zero-order valence-corrected chi connectivity index (χ0v) is 12.0. The second-order valence-electron chi connectivity index (χ2n) is 4.47. The van der Waals surface area contributed by atoms with Crippen molar-refractivity contribution >= 4 is 28.5 Å². The van der Waals surface area contributed by atoms with Crippen molar-refractivity contribution in [3.05, 3.63) is 63.9 Å². The molecule has 22 heavy (non-hydrogen) atoms. The van der Waals surface area contributed by atoms with Gasteiger partial charge in [-0.2, -0.15) is 4.68 Å². The van der Waals surface area contributed by atoms with Gasteiger partial charge in [0, 0.05) is 0 Å². The summed E-state index contributed by atoms with van der Waals surface area (Å²) in [4.78, 5) is 24.1. The molecule has 0 N–H and O–H groups in total. The van der Waals surface area contributed by atoms with Gasteiger partial charge < -0.3 is 4.74 Å². The molecule has 1 aromatic heterocycles. The van der Waals surface area contributed by atoms with Gasteiger partial charge in [-0.3, -0.25) is 4.79 Å². The van der Waals surface area contributed by atoms with Crippen molar-refractivity contribution < 1.29 is 9.53 Å². The largest absolute Gasteiger partial charge is 0.424 e. The number of nitrogens with zero attached hydrogens (tertiary/aromatic N) is 3. The number of carbonyl (C=O) groups is 1. The lowest BCUT2D eigenvalue weighted by atomic mass is 10.2. The Hall–Kier alpha value is -2.73. The minimum absolute atomic E-state index is 0.232. The molecule has 7 heteroatoms. The van der Waals surface area contributed by atoms with Crippen LogP contribution in [0.4, 0.5) is 0 Å². The highest BCUT2D eigenvalue weighted by molar-refractivity contribution is 6.32. The van der Waals surface area contributed by atoms with Crippen LogP contribution in [0.25, 0.3) is 10.9 Å². The molecule has 3 aromatic rings. The molecule has 2 aromatic carbocycles. The Labute approximate surface area is 129 Å². The molecule has 0 aliphatic rings. The molecule has 0 saturated heterocycles. The summed E-state index contributed by atoms with van der Waals surface area (Å²) >= 11 is 5.91. The zero-order chi connectivity index (χ0) is 15.5. The van der Waals surface area contributed by atoms with Crippen LogP contribution in [-0.4, -0.2) is 21.0 Å². The van der Waals surface area contributed by atoms with E-state index < -0.39 is 11.5 Å². The van der Waals surface area contributed by atoms with Crippen molar-refractivity contribution in [3.63, 3.8) is 0 Å². The van der Waals surface area contributed by atoms with Gasteiger partial charge in [-0.25, -0.2) is 4.79 Å². The Morgan fingerprint density at radius 3 is 2.68 bits per heavy atom. The van der Waals surface area contributed by atoms with Gasteiger partial charge in [0.1, 0.15) is 17.8 Å². The second-order valence-corrected chi connectivity index (χ2v) is 4.88. The minimum atomic E-state index is -0.653. The maximum absolute atomic E-state index is 12.2. The molecule has 0 aliphatic heterocycles. The molecular formula is C15H10ClN3O3. The number of fused-ring (bicyclic) bond motifs is 1. The van der Waals surface area contributed by atoms with Gasteiger partial charge in [0.15, 0.2) is 0 Å². The third-order valence-corrected chi connectivity index (χ3v) is 3.28. The second kappa shape index (κ2) is 5.95. The van der Waals surface area contributed by atoms with Crippen molar-refractivity contribution in [2.75, 3.05) is 0 Å². The fraction of sp³-hybridized carbons (Fsp3) is 0.0667. The van der Waals surface area contributed by atoms with Crippen LogP contribution in [0.15, 0.2) is 53.3 Å². The van der Waals surface area contributed by atoms with E-state index in [1.165, 1.54) is 0 Å². The van der Waals surface area contributed by atoms with Crippen LogP contribution in [0, 0.1) is 0 Å². The molecule has 110 valence electrons. The average Bonchev–Trinajstić information content (AvgIpc) is 2.53. The zero-order valence-electron chi connectivity index (χ0n) is 11.3. The Balaban J connectivity index is 1.84.